The van der Waals surface area contributed by atoms with E-state index in [4.69, 9.17) is 0 Å². The molecule has 26 heavy (non-hydrogen) atoms. The van der Waals surface area contributed by atoms with Crippen LogP contribution in [0.15, 0.2) is 47.6 Å². The van der Waals surface area contributed by atoms with E-state index in [0.717, 1.165) is 33.3 Å². The molecule has 0 radical (unpaired) electrons. The Morgan fingerprint density at radius 1 is 1.04 bits per heavy atom. The van der Waals surface area contributed by atoms with Gasteiger partial charge < -0.3 is 4.90 Å². The first-order valence-corrected chi connectivity index (χ1v) is 11.2. The minimum absolute atomic E-state index is 0.279. The zero-order valence-electron chi connectivity index (χ0n) is 14.5. The first-order valence-electron chi connectivity index (χ1n) is 8.71. The van der Waals surface area contributed by atoms with Crippen LogP contribution in [0.3, 0.4) is 0 Å². The highest BCUT2D eigenvalue weighted by Crippen LogP contribution is 2.34. The van der Waals surface area contributed by atoms with E-state index in [1.807, 2.05) is 25.1 Å². The van der Waals surface area contributed by atoms with Crippen LogP contribution in [0.1, 0.15) is 24.8 Å². The molecule has 4 rings (SSSR count). The Morgan fingerprint density at radius 3 is 2.42 bits per heavy atom. The topological polar surface area (TPSA) is 55.2 Å². The molecular weight excluding hydrogens is 461 g/mol. The highest BCUT2D eigenvalue weighted by molar-refractivity contribution is 14.1. The van der Waals surface area contributed by atoms with E-state index in [0.29, 0.717) is 5.65 Å². The van der Waals surface area contributed by atoms with Crippen molar-refractivity contribution < 1.29 is 8.42 Å². The van der Waals surface area contributed by atoms with Crippen molar-refractivity contribution in [3.05, 3.63) is 51.9 Å². The number of piperidine rings is 1. The van der Waals surface area contributed by atoms with Crippen LogP contribution < -0.4 is 4.90 Å². The summed E-state index contributed by atoms with van der Waals surface area (Å²) in [6, 6.07) is 8.93. The smallest absolute Gasteiger partial charge is 0.269 e. The third kappa shape index (κ3) is 3.00. The minimum Gasteiger partial charge on any atom is -0.371 e. The van der Waals surface area contributed by atoms with E-state index >= 15 is 0 Å². The molecule has 1 saturated heterocycles. The van der Waals surface area contributed by atoms with Gasteiger partial charge in [0.1, 0.15) is 0 Å². The maximum Gasteiger partial charge on any atom is 0.269 e. The minimum atomic E-state index is -3.68. The van der Waals surface area contributed by atoms with Gasteiger partial charge in [-0.05, 0) is 67.0 Å². The predicted molar refractivity (Wildman–Crippen MR) is 112 cm³/mol. The van der Waals surface area contributed by atoms with Crippen LogP contribution in [-0.4, -0.2) is 30.5 Å². The van der Waals surface area contributed by atoms with Crippen LogP contribution >= 0.6 is 22.6 Å². The lowest BCUT2D eigenvalue weighted by Crippen LogP contribution is -2.29. The molecule has 5 nitrogen and oxygen atoms in total. The molecule has 1 fully saturated rings. The summed E-state index contributed by atoms with van der Waals surface area (Å²) in [5, 5.41) is 0.922. The monoisotopic (exact) mass is 481 g/mol. The normalized spacial score (nSPS) is 15.5. The van der Waals surface area contributed by atoms with Gasteiger partial charge in [-0.2, -0.15) is 0 Å². The number of fused-ring (bicyclic) bond motifs is 1. The summed E-state index contributed by atoms with van der Waals surface area (Å²) >= 11 is 2.21. The number of rotatable bonds is 3. The van der Waals surface area contributed by atoms with Crippen LogP contribution in [0.4, 0.5) is 5.69 Å². The van der Waals surface area contributed by atoms with Crippen molar-refractivity contribution in [2.24, 2.45) is 0 Å². The SMILES string of the molecule is Cc1ccc(S(=O)(=O)n2cc(I)c3c(N4CCCCC4)ccnc32)cc1. The fraction of sp³-hybridized carbons (Fsp3) is 0.316. The van der Waals surface area contributed by atoms with Gasteiger partial charge in [0.2, 0.25) is 0 Å². The van der Waals surface area contributed by atoms with Crippen molar-refractivity contribution >= 4 is 49.3 Å². The van der Waals surface area contributed by atoms with Crippen LogP contribution in [0.5, 0.6) is 0 Å². The first-order chi connectivity index (χ1) is 12.5. The number of hydrogen-bond acceptors (Lipinski definition) is 4. The molecule has 3 aromatic rings. The molecule has 0 amide bonds. The Hall–Kier alpha value is -1.61. The van der Waals surface area contributed by atoms with E-state index in [9.17, 15) is 8.42 Å². The summed E-state index contributed by atoms with van der Waals surface area (Å²) in [6.07, 6.45) is 6.99. The molecule has 2 aromatic heterocycles. The number of benzene rings is 1. The molecule has 0 aliphatic carbocycles. The lowest BCUT2D eigenvalue weighted by atomic mass is 10.1. The zero-order chi connectivity index (χ0) is 18.3. The molecule has 1 aromatic carbocycles. The fourth-order valence-electron chi connectivity index (χ4n) is 3.47. The largest absolute Gasteiger partial charge is 0.371 e. The van der Waals surface area contributed by atoms with Gasteiger partial charge in [0, 0.05) is 29.1 Å². The van der Waals surface area contributed by atoms with Crippen LogP contribution in [0.25, 0.3) is 11.0 Å². The number of halogens is 1. The van der Waals surface area contributed by atoms with Crippen molar-refractivity contribution in [3.63, 3.8) is 0 Å². The Bertz CT molecular complexity index is 1050. The summed E-state index contributed by atoms with van der Waals surface area (Å²) in [4.78, 5) is 7.04. The number of anilines is 1. The quantitative estimate of drug-likeness (QED) is 0.527. The summed E-state index contributed by atoms with van der Waals surface area (Å²) in [5.41, 5.74) is 2.61. The van der Waals surface area contributed by atoms with Gasteiger partial charge in [0.15, 0.2) is 5.65 Å². The number of aromatic nitrogens is 2. The van der Waals surface area contributed by atoms with Gasteiger partial charge in [0.25, 0.3) is 10.0 Å². The highest BCUT2D eigenvalue weighted by atomic mass is 127. The number of nitrogens with zero attached hydrogens (tertiary/aromatic N) is 3. The van der Waals surface area contributed by atoms with Gasteiger partial charge >= 0.3 is 0 Å². The van der Waals surface area contributed by atoms with Crippen molar-refractivity contribution in [2.45, 2.75) is 31.1 Å². The van der Waals surface area contributed by atoms with Crippen LogP contribution in [0.2, 0.25) is 0 Å². The van der Waals surface area contributed by atoms with Gasteiger partial charge in [0.05, 0.1) is 16.0 Å². The second kappa shape index (κ2) is 6.84. The Labute approximate surface area is 167 Å². The Morgan fingerprint density at radius 2 is 1.73 bits per heavy atom. The van der Waals surface area contributed by atoms with E-state index < -0.39 is 10.0 Å². The average Bonchev–Trinajstić information content (AvgIpc) is 3.01. The van der Waals surface area contributed by atoms with E-state index in [1.165, 1.54) is 23.2 Å². The maximum atomic E-state index is 13.2. The number of aryl methyl sites for hydroxylation is 1. The molecule has 1 aliphatic rings. The third-order valence-corrected chi connectivity index (χ3v) is 7.34. The maximum absolute atomic E-state index is 13.2. The second-order valence-corrected chi connectivity index (χ2v) is 9.64. The summed E-state index contributed by atoms with van der Waals surface area (Å²) in [6.45, 7) is 3.95. The fourth-order valence-corrected chi connectivity index (χ4v) is 5.77. The molecule has 0 unspecified atom stereocenters. The molecule has 7 heteroatoms. The molecule has 136 valence electrons. The number of hydrogen-bond donors (Lipinski definition) is 0. The molecule has 0 saturated carbocycles. The summed E-state index contributed by atoms with van der Waals surface area (Å²) in [5.74, 6) is 0. The summed E-state index contributed by atoms with van der Waals surface area (Å²) < 4.78 is 28.6. The predicted octanol–water partition coefficient (Wildman–Crippen LogP) is 4.18. The van der Waals surface area contributed by atoms with Gasteiger partial charge in [-0.25, -0.2) is 17.4 Å². The molecular formula is C19H20IN3O2S. The average molecular weight is 481 g/mol. The van der Waals surface area contributed by atoms with Gasteiger partial charge in [-0.15, -0.1) is 0 Å². The van der Waals surface area contributed by atoms with Crippen molar-refractivity contribution in [2.75, 3.05) is 18.0 Å². The van der Waals surface area contributed by atoms with Crippen LogP contribution in [-0.2, 0) is 10.0 Å². The Kier molecular flexibility index (Phi) is 4.68. The molecule has 0 bridgehead atoms. The standard InChI is InChI=1S/C19H20IN3O2S/c1-14-5-7-15(8-6-14)26(24,25)23-13-16(20)18-17(9-10-21-19(18)23)22-11-3-2-4-12-22/h5-10,13H,2-4,11-12H2,1H3. The second-order valence-electron chi connectivity index (χ2n) is 6.67. The van der Waals surface area contributed by atoms with Crippen molar-refractivity contribution in [1.82, 2.24) is 8.96 Å². The molecule has 3 heterocycles. The molecule has 0 atom stereocenters. The van der Waals surface area contributed by atoms with Crippen LogP contribution in [0, 0.1) is 10.5 Å². The highest BCUT2D eigenvalue weighted by Gasteiger charge is 2.24. The van der Waals surface area contributed by atoms with E-state index in [1.54, 1.807) is 24.5 Å². The lowest BCUT2D eigenvalue weighted by molar-refractivity contribution is 0.579. The molecule has 0 spiro atoms. The van der Waals surface area contributed by atoms with Gasteiger partial charge in [-0.3, -0.25) is 0 Å². The van der Waals surface area contributed by atoms with Crippen molar-refractivity contribution in [1.29, 1.82) is 0 Å². The summed E-state index contributed by atoms with van der Waals surface area (Å²) in [7, 11) is -3.68. The molecule has 1 aliphatic heterocycles. The van der Waals surface area contributed by atoms with E-state index in [2.05, 4.69) is 32.5 Å². The zero-order valence-corrected chi connectivity index (χ0v) is 17.5. The lowest BCUT2D eigenvalue weighted by Gasteiger charge is -2.29. The molecule has 0 N–H and O–H groups in total. The first kappa shape index (κ1) is 17.8. The number of pyridine rings is 1. The Balaban J connectivity index is 1.88. The van der Waals surface area contributed by atoms with Gasteiger partial charge in [-0.1, -0.05) is 17.7 Å². The van der Waals surface area contributed by atoms with Crippen molar-refractivity contribution in [3.8, 4) is 0 Å². The third-order valence-electron chi connectivity index (χ3n) is 4.86. The van der Waals surface area contributed by atoms with E-state index in [-0.39, 0.29) is 4.90 Å².